The van der Waals surface area contributed by atoms with Gasteiger partial charge in [-0.2, -0.15) is 0 Å². The lowest BCUT2D eigenvalue weighted by Crippen LogP contribution is -1.98. The molecule has 2 nitrogen and oxygen atoms in total. The Morgan fingerprint density at radius 3 is 2.00 bits per heavy atom. The molecule has 0 N–H and O–H groups in total. The maximum atomic E-state index is 10.3. The first-order chi connectivity index (χ1) is 7.31. The number of carbonyl (C=O) groups is 1. The molecule has 0 radical (unpaired) electrons. The highest BCUT2D eigenvalue weighted by Crippen LogP contribution is 1.80. The third-order valence-corrected chi connectivity index (χ3v) is 1.39. The highest BCUT2D eigenvalue weighted by Gasteiger charge is 1.88. The Labute approximate surface area is 90.9 Å². The molecule has 0 amide bonds. The lowest BCUT2D eigenvalue weighted by Gasteiger charge is -1.93. The van der Waals surface area contributed by atoms with Crippen molar-refractivity contribution in [3.63, 3.8) is 0 Å². The zero-order valence-electron chi connectivity index (χ0n) is 8.93. The molecule has 15 heavy (non-hydrogen) atoms. The van der Waals surface area contributed by atoms with E-state index in [2.05, 4.69) is 11.3 Å². The van der Waals surface area contributed by atoms with Crippen LogP contribution in [-0.2, 0) is 9.53 Å². The SMILES string of the molecule is C=CC(=O)OCC=CC.c1ccccc1. The molecule has 0 saturated heterocycles. The second kappa shape index (κ2) is 10.3. The first-order valence-electron chi connectivity index (χ1n) is 4.71. The molecule has 0 unspecified atom stereocenters. The van der Waals surface area contributed by atoms with E-state index in [1.165, 1.54) is 0 Å². The highest BCUT2D eigenvalue weighted by molar-refractivity contribution is 5.81. The molecular formula is C13H16O2. The standard InChI is InChI=1S/C7H10O2.C6H6/c1-3-5-6-9-7(8)4-2;1-2-4-6-5-3-1/h3-5H,2,6H2,1H3;1-6H. The first-order valence-corrected chi connectivity index (χ1v) is 4.71. The summed E-state index contributed by atoms with van der Waals surface area (Å²) in [6.07, 6.45) is 4.71. The smallest absolute Gasteiger partial charge is 0.330 e. The molecule has 0 fully saturated rings. The van der Waals surface area contributed by atoms with Gasteiger partial charge in [0.15, 0.2) is 0 Å². The minimum atomic E-state index is -0.381. The fourth-order valence-electron chi connectivity index (χ4n) is 0.670. The van der Waals surface area contributed by atoms with Crippen molar-refractivity contribution in [2.24, 2.45) is 0 Å². The van der Waals surface area contributed by atoms with Crippen molar-refractivity contribution in [1.82, 2.24) is 0 Å². The van der Waals surface area contributed by atoms with Crippen LogP contribution in [0.4, 0.5) is 0 Å². The number of esters is 1. The summed E-state index contributed by atoms with van der Waals surface area (Å²) < 4.78 is 4.59. The van der Waals surface area contributed by atoms with Crippen molar-refractivity contribution in [3.05, 3.63) is 61.2 Å². The second-order valence-corrected chi connectivity index (χ2v) is 2.56. The van der Waals surface area contributed by atoms with Gasteiger partial charge in [-0.25, -0.2) is 4.79 Å². The number of ether oxygens (including phenoxy) is 1. The number of hydrogen-bond acceptors (Lipinski definition) is 2. The number of carbonyl (C=O) groups excluding carboxylic acids is 1. The predicted octanol–water partition coefficient (Wildman–Crippen LogP) is 2.98. The Balaban J connectivity index is 0.000000280. The van der Waals surface area contributed by atoms with Crippen LogP contribution in [0.2, 0.25) is 0 Å². The van der Waals surface area contributed by atoms with E-state index < -0.39 is 0 Å². The summed E-state index contributed by atoms with van der Waals surface area (Å²) in [5, 5.41) is 0. The minimum absolute atomic E-state index is 0.335. The van der Waals surface area contributed by atoms with Crippen LogP contribution in [0.15, 0.2) is 61.2 Å². The van der Waals surface area contributed by atoms with Gasteiger partial charge in [0.1, 0.15) is 6.61 Å². The van der Waals surface area contributed by atoms with Crippen molar-refractivity contribution >= 4 is 5.97 Å². The summed E-state index contributed by atoms with van der Waals surface area (Å²) in [7, 11) is 0. The maximum absolute atomic E-state index is 10.3. The van der Waals surface area contributed by atoms with Gasteiger partial charge in [-0.1, -0.05) is 55.1 Å². The molecule has 0 atom stereocenters. The van der Waals surface area contributed by atoms with E-state index in [0.29, 0.717) is 6.61 Å². The van der Waals surface area contributed by atoms with Crippen molar-refractivity contribution in [3.8, 4) is 0 Å². The molecule has 0 saturated carbocycles. The summed E-state index contributed by atoms with van der Waals surface area (Å²) in [5.41, 5.74) is 0. The summed E-state index contributed by atoms with van der Waals surface area (Å²) in [5.74, 6) is -0.381. The van der Waals surface area contributed by atoms with Crippen LogP contribution in [-0.4, -0.2) is 12.6 Å². The zero-order chi connectivity index (χ0) is 11.4. The molecule has 1 rings (SSSR count). The van der Waals surface area contributed by atoms with Crippen LogP contribution in [0.5, 0.6) is 0 Å². The number of rotatable bonds is 3. The van der Waals surface area contributed by atoms with Gasteiger partial charge in [0.05, 0.1) is 0 Å². The third kappa shape index (κ3) is 10.1. The average molecular weight is 204 g/mol. The lowest BCUT2D eigenvalue weighted by atomic mass is 10.4. The number of allylic oxidation sites excluding steroid dienone is 1. The van der Waals surface area contributed by atoms with Gasteiger partial charge in [0.2, 0.25) is 0 Å². The normalized spacial score (nSPS) is 8.87. The van der Waals surface area contributed by atoms with Crippen LogP contribution >= 0.6 is 0 Å². The van der Waals surface area contributed by atoms with Gasteiger partial charge in [0.25, 0.3) is 0 Å². The second-order valence-electron chi connectivity index (χ2n) is 2.56. The number of hydrogen-bond donors (Lipinski definition) is 0. The minimum Gasteiger partial charge on any atom is -0.458 e. The molecular weight excluding hydrogens is 188 g/mol. The first kappa shape index (κ1) is 13.2. The van der Waals surface area contributed by atoms with E-state index in [1.54, 1.807) is 6.08 Å². The monoisotopic (exact) mass is 204 g/mol. The van der Waals surface area contributed by atoms with Gasteiger partial charge in [-0.05, 0) is 6.92 Å². The molecule has 1 aromatic carbocycles. The molecule has 2 heteroatoms. The van der Waals surface area contributed by atoms with Crippen molar-refractivity contribution < 1.29 is 9.53 Å². The van der Waals surface area contributed by atoms with E-state index in [4.69, 9.17) is 0 Å². The van der Waals surface area contributed by atoms with Crippen molar-refractivity contribution in [2.45, 2.75) is 6.92 Å². The van der Waals surface area contributed by atoms with Crippen LogP contribution in [0.1, 0.15) is 6.92 Å². The zero-order valence-corrected chi connectivity index (χ0v) is 8.93. The maximum Gasteiger partial charge on any atom is 0.330 e. The fourth-order valence-corrected chi connectivity index (χ4v) is 0.670. The topological polar surface area (TPSA) is 26.3 Å². The van der Waals surface area contributed by atoms with Gasteiger partial charge in [-0.15, -0.1) is 0 Å². The Bertz CT molecular complexity index is 262. The van der Waals surface area contributed by atoms with Crippen LogP contribution < -0.4 is 0 Å². The van der Waals surface area contributed by atoms with E-state index in [1.807, 2.05) is 49.4 Å². The molecule has 0 aliphatic heterocycles. The van der Waals surface area contributed by atoms with Crippen LogP contribution in [0.25, 0.3) is 0 Å². The van der Waals surface area contributed by atoms with E-state index in [0.717, 1.165) is 6.08 Å². The van der Waals surface area contributed by atoms with E-state index in [-0.39, 0.29) is 5.97 Å². The predicted molar refractivity (Wildman–Crippen MR) is 62.4 cm³/mol. The molecule has 0 bridgehead atoms. The molecule has 80 valence electrons. The molecule has 0 aliphatic carbocycles. The summed E-state index contributed by atoms with van der Waals surface area (Å²) >= 11 is 0. The molecule has 0 aliphatic rings. The Hall–Kier alpha value is -1.83. The van der Waals surface area contributed by atoms with Crippen LogP contribution in [0, 0.1) is 0 Å². The van der Waals surface area contributed by atoms with Crippen LogP contribution in [0.3, 0.4) is 0 Å². The van der Waals surface area contributed by atoms with E-state index in [9.17, 15) is 4.79 Å². The van der Waals surface area contributed by atoms with Gasteiger partial charge in [-0.3, -0.25) is 0 Å². The quantitative estimate of drug-likeness (QED) is 0.430. The van der Waals surface area contributed by atoms with Crippen molar-refractivity contribution in [1.29, 1.82) is 0 Å². The summed E-state index contributed by atoms with van der Waals surface area (Å²) in [6.45, 7) is 5.44. The summed E-state index contributed by atoms with van der Waals surface area (Å²) in [6, 6.07) is 12.0. The highest BCUT2D eigenvalue weighted by atomic mass is 16.5. The number of benzene rings is 1. The Kier molecular flexibility index (Phi) is 9.00. The largest absolute Gasteiger partial charge is 0.458 e. The molecule has 0 heterocycles. The molecule has 1 aromatic rings. The Morgan fingerprint density at radius 2 is 1.67 bits per heavy atom. The molecule has 0 aromatic heterocycles. The Morgan fingerprint density at radius 1 is 1.20 bits per heavy atom. The summed E-state index contributed by atoms with van der Waals surface area (Å²) in [4.78, 5) is 10.3. The fraction of sp³-hybridized carbons (Fsp3) is 0.154. The lowest BCUT2D eigenvalue weighted by molar-refractivity contribution is -0.136. The van der Waals surface area contributed by atoms with Gasteiger partial charge >= 0.3 is 5.97 Å². The van der Waals surface area contributed by atoms with Crippen molar-refractivity contribution in [2.75, 3.05) is 6.61 Å². The average Bonchev–Trinajstić information content (AvgIpc) is 2.32. The van der Waals surface area contributed by atoms with Gasteiger partial charge in [0, 0.05) is 6.08 Å². The third-order valence-electron chi connectivity index (χ3n) is 1.39. The van der Waals surface area contributed by atoms with Gasteiger partial charge < -0.3 is 4.74 Å². The molecule has 0 spiro atoms. The van der Waals surface area contributed by atoms with E-state index >= 15 is 0 Å².